The smallest absolute Gasteiger partial charge is 1.00 e. The van der Waals surface area contributed by atoms with Gasteiger partial charge in [-0.1, -0.05) is 0 Å². The van der Waals surface area contributed by atoms with E-state index in [9.17, 15) is 26.3 Å². The first-order valence-corrected chi connectivity index (χ1v) is 26.0. The third kappa shape index (κ3) is 8.99. The summed E-state index contributed by atoms with van der Waals surface area (Å²) in [6.07, 6.45) is 0.422. The molecule has 0 N–H and O–H groups in total. The van der Waals surface area contributed by atoms with E-state index < -0.39 is 44.7 Å². The fourth-order valence-electron chi connectivity index (χ4n) is 10.5. The van der Waals surface area contributed by atoms with Gasteiger partial charge in [0, 0.05) is 0 Å². The second kappa shape index (κ2) is 16.5. The number of fused-ring (bicyclic) bond motifs is 5. The van der Waals surface area contributed by atoms with E-state index in [2.05, 4.69) is 146 Å². The van der Waals surface area contributed by atoms with Crippen LogP contribution in [0.4, 0.5) is 26.3 Å². The maximum absolute atomic E-state index is 14.2. The number of hydrogen-bond donors (Lipinski definition) is 0. The Morgan fingerprint density at radius 2 is 0.892 bits per heavy atom. The Morgan fingerprint density at radius 1 is 0.523 bits per heavy atom. The summed E-state index contributed by atoms with van der Waals surface area (Å²) in [5, 5.41) is 0. The molecule has 344 valence electrons. The maximum atomic E-state index is 14.2. The van der Waals surface area contributed by atoms with Gasteiger partial charge in [-0.2, -0.15) is 0 Å². The van der Waals surface area contributed by atoms with Gasteiger partial charge < -0.3 is 24.8 Å². The van der Waals surface area contributed by atoms with Crippen molar-refractivity contribution in [1.29, 1.82) is 0 Å². The quantitative estimate of drug-likeness (QED) is 0.179. The van der Waals surface area contributed by atoms with Gasteiger partial charge in [-0.05, 0) is 0 Å². The van der Waals surface area contributed by atoms with E-state index in [1.807, 2.05) is 0 Å². The molecular weight excluding hydrogens is 949 g/mol. The Morgan fingerprint density at radius 3 is 1.20 bits per heavy atom. The van der Waals surface area contributed by atoms with Crippen LogP contribution in [0.25, 0.3) is 22.3 Å². The number of halogens is 8. The predicted octanol–water partition coefficient (Wildman–Crippen LogP) is 10.6. The van der Waals surface area contributed by atoms with E-state index in [4.69, 9.17) is 0 Å². The molecule has 4 aromatic rings. The third-order valence-corrected chi connectivity index (χ3v) is 22.5. The van der Waals surface area contributed by atoms with Crippen molar-refractivity contribution in [2.24, 2.45) is 22.2 Å². The normalized spacial score (nSPS) is 18.5. The molecule has 0 bridgehead atoms. The standard InChI is InChI=1S/C31H37.C15H8F6.C10H15.2ClH.Zr/c1-28(2,3)26-16-30(7,8)24-12-18-11-19-13-25-23(15-21(19)20(18)14-22(24)26)27(29(4,5)6)17-31(25,9)10;16-14(17,18)12-5-1-10(2-6-12)9-11-3-7-13(8-4-11)15(19,20)21;1-8-5-6-9(7-8)10(2,3)4;;;/h11-17H,1-10H3;1-8H;6-8H,1-4H3;2*1H;/q;;;;;+2/p-2. The molecule has 0 saturated heterocycles. The second-order valence-electron chi connectivity index (χ2n) is 22.7. The molecule has 4 aromatic carbocycles. The van der Waals surface area contributed by atoms with Crippen LogP contribution in [0.2, 0.25) is 0 Å². The zero-order valence-corrected chi connectivity index (χ0v) is 43.9. The van der Waals surface area contributed by atoms with Crippen LogP contribution in [0.3, 0.4) is 0 Å². The number of hydrogen-bond acceptors (Lipinski definition) is 0. The summed E-state index contributed by atoms with van der Waals surface area (Å²) < 4.78 is 87.3. The first-order valence-electron chi connectivity index (χ1n) is 22.2. The van der Waals surface area contributed by atoms with E-state index in [1.165, 1.54) is 64.5 Å². The van der Waals surface area contributed by atoms with Gasteiger partial charge in [-0.3, -0.25) is 0 Å². The zero-order chi connectivity index (χ0) is 46.4. The molecule has 4 aliphatic rings. The van der Waals surface area contributed by atoms with Crippen LogP contribution in [-0.2, 0) is 44.4 Å². The molecule has 0 saturated carbocycles. The van der Waals surface area contributed by atoms with Crippen LogP contribution in [0, 0.1) is 22.2 Å². The Bertz CT molecular complexity index is 2570. The van der Waals surface area contributed by atoms with E-state index in [0.717, 1.165) is 27.5 Å². The zero-order valence-electron chi connectivity index (χ0n) is 39.9. The number of rotatable bonds is 4. The molecule has 65 heavy (non-hydrogen) atoms. The predicted molar refractivity (Wildman–Crippen MR) is 246 cm³/mol. The Labute approximate surface area is 402 Å². The summed E-state index contributed by atoms with van der Waals surface area (Å²) in [7, 11) is 0. The van der Waals surface area contributed by atoms with Crippen molar-refractivity contribution in [3.05, 3.63) is 162 Å². The molecule has 0 aromatic heterocycles. The van der Waals surface area contributed by atoms with Gasteiger partial charge in [-0.25, -0.2) is 0 Å². The van der Waals surface area contributed by atoms with Gasteiger partial charge in [0.25, 0.3) is 0 Å². The molecule has 8 rings (SSSR count). The molecule has 1 unspecified atom stereocenters. The van der Waals surface area contributed by atoms with E-state index in [0.29, 0.717) is 11.1 Å². The molecule has 4 aliphatic carbocycles. The van der Waals surface area contributed by atoms with Crippen molar-refractivity contribution in [2.45, 2.75) is 124 Å². The molecule has 0 spiro atoms. The first-order chi connectivity index (χ1) is 28.8. The third-order valence-electron chi connectivity index (χ3n) is 13.9. The first kappa shape index (κ1) is 51.2. The van der Waals surface area contributed by atoms with E-state index >= 15 is 0 Å². The minimum atomic E-state index is -4.55. The summed E-state index contributed by atoms with van der Waals surface area (Å²) >= 11 is -3.73. The van der Waals surface area contributed by atoms with Crippen LogP contribution < -0.4 is 24.8 Å². The average Bonchev–Trinajstić information content (AvgIpc) is 3.85. The Balaban J connectivity index is 0.00000350. The van der Waals surface area contributed by atoms with E-state index in [-0.39, 0.29) is 61.4 Å². The van der Waals surface area contributed by atoms with Crippen molar-refractivity contribution < 1.29 is 72.4 Å². The Kier molecular flexibility index (Phi) is 13.0. The van der Waals surface area contributed by atoms with Crippen LogP contribution in [-0.4, -0.2) is 3.21 Å². The van der Waals surface area contributed by atoms with Crippen molar-refractivity contribution in [2.75, 3.05) is 0 Å². The van der Waals surface area contributed by atoms with Gasteiger partial charge in [0.1, 0.15) is 0 Å². The van der Waals surface area contributed by atoms with Crippen LogP contribution >= 0.6 is 0 Å². The van der Waals surface area contributed by atoms with Gasteiger partial charge in [0.2, 0.25) is 0 Å². The monoisotopic (exact) mass is 1010 g/mol. The molecule has 0 radical (unpaired) electrons. The van der Waals surface area contributed by atoms with Crippen molar-refractivity contribution in [3.8, 4) is 11.1 Å². The van der Waals surface area contributed by atoms with Gasteiger partial charge in [0.05, 0.1) is 0 Å². The molecule has 0 nitrogen and oxygen atoms in total. The van der Waals surface area contributed by atoms with Gasteiger partial charge in [-0.15, -0.1) is 0 Å². The summed E-state index contributed by atoms with van der Waals surface area (Å²) in [5.41, 5.74) is 12.4. The summed E-state index contributed by atoms with van der Waals surface area (Å²) in [4.78, 5) is 0. The fraction of sp³-hybridized carbons (Fsp3) is 0.411. The van der Waals surface area contributed by atoms with Crippen molar-refractivity contribution in [1.82, 2.24) is 0 Å². The Hall–Kier alpha value is -3.25. The minimum Gasteiger partial charge on any atom is -1.00 e. The van der Waals surface area contributed by atoms with Crippen LogP contribution in [0.5, 0.6) is 0 Å². The molecule has 9 heteroatoms. The second-order valence-corrected chi connectivity index (χ2v) is 28.8. The topological polar surface area (TPSA) is 0 Å². The minimum absolute atomic E-state index is 0. The van der Waals surface area contributed by atoms with Crippen LogP contribution in [0.1, 0.15) is 156 Å². The molecular formula is C56H60Cl2F6Zr. The fourth-order valence-corrected chi connectivity index (χ4v) is 20.0. The summed E-state index contributed by atoms with van der Waals surface area (Å²) in [6.45, 7) is 31.5. The average molecular weight is 1010 g/mol. The van der Waals surface area contributed by atoms with Gasteiger partial charge in [0.15, 0.2) is 0 Å². The molecule has 1 atom stereocenters. The van der Waals surface area contributed by atoms with Crippen molar-refractivity contribution >= 4 is 14.4 Å². The SMILES string of the molecule is CC1C=C(C(C)(C)C)C=[C]1[Zr+2](=[C](c1ccc(C(F)(F)F)cc1)c1ccc(C(F)(F)F)cc1)[CH]1c2cc3c(cc2-c2cc4c(cc21)C(C)(C)C=C4C(C)(C)C)C(C(C)(C)C)=CC3(C)C.[Cl-].[Cl-]. The molecule has 0 aliphatic heterocycles. The molecule has 0 amide bonds. The summed E-state index contributed by atoms with van der Waals surface area (Å²) in [6, 6.07) is 20.5. The maximum Gasteiger partial charge on any atom is -1.00 e. The number of alkyl halides is 6. The van der Waals surface area contributed by atoms with Gasteiger partial charge >= 0.3 is 381 Å². The summed E-state index contributed by atoms with van der Waals surface area (Å²) in [5.74, 6) is 0.0140. The van der Waals surface area contributed by atoms with Crippen LogP contribution in [0.15, 0.2) is 106 Å². The molecule has 0 heterocycles. The largest absolute Gasteiger partial charge is 1.00 e. The number of benzene rings is 4. The molecule has 0 fully saturated rings. The number of allylic oxidation sites excluding steroid dienone is 8. The van der Waals surface area contributed by atoms with Crippen molar-refractivity contribution in [3.63, 3.8) is 0 Å². The van der Waals surface area contributed by atoms with E-state index in [1.54, 1.807) is 24.3 Å².